The number of nitrogens with two attached hydrogens (primary N) is 1. The molecule has 7 atom stereocenters. The highest BCUT2D eigenvalue weighted by molar-refractivity contribution is 7.15. The van der Waals surface area contributed by atoms with Crippen LogP contribution in [-0.4, -0.2) is 147 Å². The van der Waals surface area contributed by atoms with Crippen LogP contribution >= 0.6 is 68.0 Å². The van der Waals surface area contributed by atoms with Crippen LogP contribution < -0.4 is 31.3 Å². The number of primary amides is 1. The van der Waals surface area contributed by atoms with Crippen LogP contribution in [0.3, 0.4) is 0 Å². The number of aromatic nitrogens is 7. The van der Waals surface area contributed by atoms with Crippen LogP contribution in [0.2, 0.25) is 0 Å². The fraction of sp³-hybridized carbons (Fsp3) is 0.306. The number of ether oxygens (including phenoxy) is 2. The summed E-state index contributed by atoms with van der Waals surface area (Å²) in [4.78, 5) is 145. The van der Waals surface area contributed by atoms with E-state index in [0.29, 0.717) is 64.4 Å². The second-order valence-electron chi connectivity index (χ2n) is 22.0. The van der Waals surface area contributed by atoms with E-state index in [4.69, 9.17) is 45.2 Å². The van der Waals surface area contributed by atoms with E-state index in [1.165, 1.54) is 50.3 Å². The molecule has 7 aromatic heterocycles. The topological polar surface area (TPSA) is 395 Å². The Hall–Kier alpha value is -9.35. The third-order valence-corrected chi connectivity index (χ3v) is 21.0. The number of aliphatic carboxylic acids is 2. The molecule has 0 saturated carbocycles. The van der Waals surface area contributed by atoms with Gasteiger partial charge in [-0.25, -0.2) is 39.7 Å². The molecular weight excluding hydrogens is 1340 g/mol. The number of hydrogen-bond acceptors (Lipinski definition) is 25. The smallest absolute Gasteiger partial charge is 0.415 e. The normalized spacial score (nSPS) is 18.6. The van der Waals surface area contributed by atoms with Crippen LogP contribution in [0.4, 0.5) is 10.6 Å². The fourth-order valence-corrected chi connectivity index (χ4v) is 15.9. The number of nitrogens with one attached hydrogen (secondary N) is 3. The number of hydrogen-bond donors (Lipinski definition) is 8. The molecule has 6 amide bonds. The van der Waals surface area contributed by atoms with Gasteiger partial charge in [-0.15, -0.1) is 68.0 Å². The van der Waals surface area contributed by atoms with Crippen molar-refractivity contribution in [2.24, 2.45) is 11.7 Å². The maximum atomic E-state index is 15.3. The molecule has 9 aromatic rings. The first-order chi connectivity index (χ1) is 45.7. The predicted molar refractivity (Wildman–Crippen MR) is 353 cm³/mol. The van der Waals surface area contributed by atoms with Crippen molar-refractivity contribution in [3.8, 4) is 49.1 Å². The number of nitrogens with zero attached hydrogens (tertiary/aromatic N) is 9. The molecule has 10 bridgehead atoms. The lowest BCUT2D eigenvalue weighted by Crippen LogP contribution is -2.50. The van der Waals surface area contributed by atoms with Crippen molar-refractivity contribution < 1.29 is 68.3 Å². The highest BCUT2D eigenvalue weighted by Crippen LogP contribution is 2.43. The van der Waals surface area contributed by atoms with E-state index in [0.717, 1.165) is 45.3 Å². The first kappa shape index (κ1) is 67.1. The molecule has 2 aliphatic heterocycles. The number of carboxylic acid groups (broad SMARTS) is 2. The third-order valence-electron chi connectivity index (χ3n) is 15.5. The van der Waals surface area contributed by atoms with Gasteiger partial charge in [-0.2, -0.15) is 0 Å². The van der Waals surface area contributed by atoms with Gasteiger partial charge in [0.1, 0.15) is 94.0 Å². The quantitative estimate of drug-likeness (QED) is 0.0397. The standard InChI is InChI=1S/C62H59N13O14S6/c1-29-42(76)23-75-50(29)60-70-41(27-93-60)57-67-38(24-91-57)48-34(17-18-35(64-48)56-71-44(28-94-56)74(19-7-11-45(78)79)62(87)89-20-8-12-46(80)81)55-68-39(25-90-55)52(83)65-36(22-43(63)77)58-73-47(30(2)95-58)54(85)72-49(51(82)32-9-5-4-6-10-32)59-69-40(26-92-59)53(84)66-37(61(75)86)21-31-13-15-33(88-3)16-14-31/h4-6,9-10,13-18,24-29,36-37,42,49-51,76,82H,7-8,11-12,19-23H2,1-3H3,(H2,63,77)(H,65,83)(H,66,84)(H,72,85)(H,78,79)(H,80,81)/t29-,36-,37-,42-,49-,50-,51+/m0/s1. The Morgan fingerprint density at radius 3 is 2.06 bits per heavy atom. The first-order valence-electron chi connectivity index (χ1n) is 29.4. The Morgan fingerprint density at radius 2 is 1.33 bits per heavy atom. The van der Waals surface area contributed by atoms with Gasteiger partial charge in [0.05, 0.1) is 44.0 Å². The van der Waals surface area contributed by atoms with Crippen molar-refractivity contribution in [2.75, 3.05) is 31.7 Å². The molecular formula is C62H59N13O14S6. The summed E-state index contributed by atoms with van der Waals surface area (Å²) in [6, 6.07) is 14.4. The summed E-state index contributed by atoms with van der Waals surface area (Å²) in [6.07, 6.45) is -4.14. The van der Waals surface area contributed by atoms with Crippen LogP contribution in [0.1, 0.15) is 126 Å². The van der Waals surface area contributed by atoms with Crippen molar-refractivity contribution in [3.05, 3.63) is 142 Å². The minimum atomic E-state index is -1.43. The molecule has 27 nitrogen and oxygen atoms in total. The van der Waals surface area contributed by atoms with E-state index in [-0.39, 0.29) is 90.4 Å². The van der Waals surface area contributed by atoms with E-state index in [1.54, 1.807) is 89.8 Å². The molecule has 1 saturated heterocycles. The number of carbonyl (C=O) groups is 8. The first-order valence-corrected chi connectivity index (χ1v) is 34.6. The van der Waals surface area contributed by atoms with Gasteiger partial charge in [-0.05, 0) is 55.2 Å². The maximum Gasteiger partial charge on any atom is 0.415 e. The predicted octanol–water partition coefficient (Wildman–Crippen LogP) is 8.26. The average molecular weight is 1400 g/mol. The number of amides is 6. The molecule has 9 heterocycles. The number of benzene rings is 2. The Labute approximate surface area is 564 Å². The molecule has 492 valence electrons. The summed E-state index contributed by atoms with van der Waals surface area (Å²) >= 11 is 6.72. The third kappa shape index (κ3) is 15.4. The van der Waals surface area contributed by atoms with Crippen LogP contribution in [-0.2, 0) is 30.3 Å². The lowest BCUT2D eigenvalue weighted by molar-refractivity contribution is -0.138. The maximum absolute atomic E-state index is 15.3. The summed E-state index contributed by atoms with van der Waals surface area (Å²) in [7, 11) is 1.52. The van der Waals surface area contributed by atoms with Gasteiger partial charge in [-0.3, -0.25) is 38.5 Å². The zero-order chi connectivity index (χ0) is 67.2. The van der Waals surface area contributed by atoms with Crippen molar-refractivity contribution in [3.63, 3.8) is 0 Å². The van der Waals surface area contributed by atoms with Gasteiger partial charge in [0.25, 0.3) is 17.7 Å². The SMILES string of the molecule is COc1ccc(C[C@@H]2NC(=O)c3csc(n3)[C@H]([C@H](O)c3ccccc3)NC(=O)c3nc(sc3C)[C@H](CC(N)=O)NC(=O)c3csc(n3)-c3ccc(-c4nc(N(CCCC(=O)O)C(=O)OCCCC(=O)O)cs4)nc3-c3csc(n3)-c3csc(n3)[C@@H]3[C@@H](C)[C@@H](O)CN3C2=O)cc1. The van der Waals surface area contributed by atoms with Crippen molar-refractivity contribution >= 4 is 121 Å². The van der Waals surface area contributed by atoms with E-state index in [2.05, 4.69) is 25.9 Å². The van der Waals surface area contributed by atoms with Crippen LogP contribution in [0.25, 0.3) is 43.4 Å². The minimum absolute atomic E-state index is 0.00285. The monoisotopic (exact) mass is 1400 g/mol. The second kappa shape index (κ2) is 29.5. The van der Waals surface area contributed by atoms with Gasteiger partial charge < -0.3 is 56.5 Å². The van der Waals surface area contributed by atoms with E-state index < -0.39 is 96.3 Å². The number of aliphatic hydroxyl groups excluding tert-OH is 2. The molecule has 11 rings (SSSR count). The molecule has 0 aliphatic carbocycles. The molecule has 0 radical (unpaired) electrons. The molecule has 0 spiro atoms. The van der Waals surface area contributed by atoms with Crippen molar-refractivity contribution in [1.29, 1.82) is 0 Å². The number of pyridine rings is 1. The van der Waals surface area contributed by atoms with Gasteiger partial charge in [0.2, 0.25) is 11.8 Å². The number of aliphatic hydroxyl groups is 2. The molecule has 33 heteroatoms. The van der Waals surface area contributed by atoms with Crippen LogP contribution in [0, 0.1) is 12.8 Å². The number of carbonyl (C=O) groups excluding carboxylic acids is 6. The number of methoxy groups -OCH3 is 1. The van der Waals surface area contributed by atoms with E-state index >= 15 is 4.79 Å². The molecule has 2 aromatic carbocycles. The highest BCUT2D eigenvalue weighted by Gasteiger charge is 2.46. The van der Waals surface area contributed by atoms with Crippen LogP contribution in [0.15, 0.2) is 93.6 Å². The fourth-order valence-electron chi connectivity index (χ4n) is 10.6. The Morgan fingerprint density at radius 1 is 0.684 bits per heavy atom. The highest BCUT2D eigenvalue weighted by atomic mass is 32.1. The average Bonchev–Trinajstić information content (AvgIpc) is 1.66. The van der Waals surface area contributed by atoms with Crippen molar-refractivity contribution in [2.45, 2.75) is 88.7 Å². The summed E-state index contributed by atoms with van der Waals surface area (Å²) in [5.41, 5.74) is 8.30. The molecule has 2 aliphatic rings. The number of thiazole rings is 6. The zero-order valence-electron chi connectivity index (χ0n) is 50.6. The lowest BCUT2D eigenvalue weighted by atomic mass is 10.00. The summed E-state index contributed by atoms with van der Waals surface area (Å²) in [6.45, 7) is 3.02. The lowest BCUT2D eigenvalue weighted by Gasteiger charge is -2.29. The summed E-state index contributed by atoms with van der Waals surface area (Å²) < 4.78 is 10.8. The largest absolute Gasteiger partial charge is 0.497 e. The zero-order valence-corrected chi connectivity index (χ0v) is 55.5. The second-order valence-corrected chi connectivity index (χ2v) is 27.6. The number of fused-ring (bicyclic) bond motifs is 16. The van der Waals surface area contributed by atoms with Gasteiger partial charge >= 0.3 is 18.0 Å². The van der Waals surface area contributed by atoms with Gasteiger partial charge in [0, 0.05) is 75.6 Å². The Kier molecular flexibility index (Phi) is 20.8. The Bertz CT molecular complexity index is 4340. The summed E-state index contributed by atoms with van der Waals surface area (Å²) in [5.74, 6) is -5.57. The molecule has 9 N–H and O–H groups in total. The molecule has 0 unspecified atom stereocenters. The van der Waals surface area contributed by atoms with Gasteiger partial charge in [0.15, 0.2) is 0 Å². The van der Waals surface area contributed by atoms with Crippen molar-refractivity contribution in [1.82, 2.24) is 55.7 Å². The van der Waals surface area contributed by atoms with E-state index in [9.17, 15) is 48.9 Å². The number of rotatable bonds is 17. The minimum Gasteiger partial charge on any atom is -0.497 e. The summed E-state index contributed by atoms with van der Waals surface area (Å²) in [5, 5.41) is 60.6. The molecule has 95 heavy (non-hydrogen) atoms. The molecule has 1 fully saturated rings. The Balaban J connectivity index is 0.998. The van der Waals surface area contributed by atoms with E-state index in [1.807, 2.05) is 6.92 Å². The number of anilines is 1. The number of aryl methyl sites for hydroxylation is 1. The van der Waals surface area contributed by atoms with Crippen LogP contribution in [0.5, 0.6) is 5.75 Å². The van der Waals surface area contributed by atoms with Gasteiger partial charge in [-0.1, -0.05) is 49.4 Å². The number of carboxylic acids is 2.